The van der Waals surface area contributed by atoms with E-state index in [1.807, 2.05) is 17.4 Å². The van der Waals surface area contributed by atoms with Gasteiger partial charge < -0.3 is 5.32 Å². The number of nitrogens with one attached hydrogen (secondary N) is 2. The molecule has 1 fully saturated rings. The average molecular weight is 166 g/mol. The lowest BCUT2D eigenvalue weighted by Crippen LogP contribution is -2.54. The van der Waals surface area contributed by atoms with E-state index in [4.69, 9.17) is 0 Å². The minimum atomic E-state index is 0.326. The summed E-state index contributed by atoms with van der Waals surface area (Å²) in [6.07, 6.45) is 7.35. The molecule has 2 aliphatic heterocycles. The largest absolute Gasteiger partial charge is 0.312 e. The lowest BCUT2D eigenvalue weighted by molar-refractivity contribution is 0.213. The lowest BCUT2D eigenvalue weighted by Gasteiger charge is -2.31. The van der Waals surface area contributed by atoms with E-state index in [9.17, 15) is 0 Å². The van der Waals surface area contributed by atoms with Crippen LogP contribution in [0.4, 0.5) is 0 Å². The maximum atomic E-state index is 4.27. The minimum Gasteiger partial charge on any atom is -0.312 e. The van der Waals surface area contributed by atoms with E-state index in [0.29, 0.717) is 6.17 Å². The summed E-state index contributed by atoms with van der Waals surface area (Å²) in [6, 6.07) is 0. The molecule has 4 nitrogen and oxygen atoms in total. The third-order valence-corrected chi connectivity index (χ3v) is 2.05. The molecule has 0 bridgehead atoms. The molecule has 4 heteroatoms. The minimum absolute atomic E-state index is 0.326. The third-order valence-electron chi connectivity index (χ3n) is 2.05. The van der Waals surface area contributed by atoms with Crippen molar-refractivity contribution in [1.29, 1.82) is 0 Å². The summed E-state index contributed by atoms with van der Waals surface area (Å²) in [5.41, 5.74) is 0. The molecule has 0 spiro atoms. The molecule has 0 radical (unpaired) electrons. The molecule has 0 amide bonds. The molecule has 0 aliphatic carbocycles. The van der Waals surface area contributed by atoms with E-state index >= 15 is 0 Å². The maximum absolute atomic E-state index is 4.27. The van der Waals surface area contributed by atoms with Gasteiger partial charge in [0.2, 0.25) is 0 Å². The highest BCUT2D eigenvalue weighted by Crippen LogP contribution is 2.04. The van der Waals surface area contributed by atoms with E-state index in [0.717, 1.165) is 26.1 Å². The van der Waals surface area contributed by atoms with Gasteiger partial charge in [-0.05, 0) is 0 Å². The van der Waals surface area contributed by atoms with Crippen LogP contribution in [0.2, 0.25) is 0 Å². The molecule has 1 saturated heterocycles. The molecule has 12 heavy (non-hydrogen) atoms. The second-order valence-electron chi connectivity index (χ2n) is 2.97. The Morgan fingerprint density at radius 1 is 1.42 bits per heavy atom. The molecule has 0 aromatic carbocycles. The zero-order chi connectivity index (χ0) is 8.23. The summed E-state index contributed by atoms with van der Waals surface area (Å²) in [5.74, 6) is 0. The first-order valence-corrected chi connectivity index (χ1v) is 4.38. The Bertz CT molecular complexity index is 181. The quantitative estimate of drug-likeness (QED) is 0.562. The first kappa shape index (κ1) is 7.76. The highest BCUT2D eigenvalue weighted by Gasteiger charge is 2.17. The molecule has 66 valence electrons. The smallest absolute Gasteiger partial charge is 0.114 e. The Hall–Kier alpha value is -0.870. The number of piperazine rings is 1. The van der Waals surface area contributed by atoms with E-state index < -0.39 is 0 Å². The predicted molar refractivity (Wildman–Crippen MR) is 48.7 cm³/mol. The van der Waals surface area contributed by atoms with Gasteiger partial charge in [0.15, 0.2) is 0 Å². The van der Waals surface area contributed by atoms with Gasteiger partial charge in [-0.2, -0.15) is 5.10 Å². The van der Waals surface area contributed by atoms with Crippen LogP contribution in [0.1, 0.15) is 6.42 Å². The Labute approximate surface area is 72.3 Å². The molecule has 0 aromatic rings. The van der Waals surface area contributed by atoms with Gasteiger partial charge >= 0.3 is 0 Å². The van der Waals surface area contributed by atoms with Gasteiger partial charge in [-0.25, -0.2) is 0 Å². The fourth-order valence-electron chi connectivity index (χ4n) is 1.42. The monoisotopic (exact) mass is 166 g/mol. The first-order valence-electron chi connectivity index (χ1n) is 4.38. The van der Waals surface area contributed by atoms with Crippen molar-refractivity contribution < 1.29 is 0 Å². The Morgan fingerprint density at radius 3 is 3.08 bits per heavy atom. The number of hydrazone groups is 1. The van der Waals surface area contributed by atoms with Crippen LogP contribution in [0.3, 0.4) is 0 Å². The number of hydrogen-bond acceptors (Lipinski definition) is 4. The highest BCUT2D eigenvalue weighted by molar-refractivity contribution is 5.60. The third kappa shape index (κ3) is 1.65. The average Bonchev–Trinajstić information content (AvgIpc) is 2.21. The summed E-state index contributed by atoms with van der Waals surface area (Å²) >= 11 is 0. The van der Waals surface area contributed by atoms with Crippen LogP contribution in [0.15, 0.2) is 17.4 Å². The lowest BCUT2D eigenvalue weighted by atomic mass is 10.3. The van der Waals surface area contributed by atoms with Crippen LogP contribution in [0.25, 0.3) is 0 Å². The second kappa shape index (κ2) is 3.69. The normalized spacial score (nSPS) is 29.3. The van der Waals surface area contributed by atoms with E-state index in [2.05, 4.69) is 21.8 Å². The van der Waals surface area contributed by atoms with Crippen molar-refractivity contribution in [3.05, 3.63) is 12.3 Å². The zero-order valence-corrected chi connectivity index (χ0v) is 7.03. The molecular weight excluding hydrogens is 152 g/mol. The van der Waals surface area contributed by atoms with Crippen LogP contribution in [0, 0.1) is 0 Å². The SMILES string of the molecule is C1=CN(C2CNCCN2)N=CC1. The van der Waals surface area contributed by atoms with Crippen molar-refractivity contribution >= 4 is 6.21 Å². The zero-order valence-electron chi connectivity index (χ0n) is 7.03. The van der Waals surface area contributed by atoms with E-state index in [1.165, 1.54) is 0 Å². The topological polar surface area (TPSA) is 39.7 Å². The molecule has 2 heterocycles. The van der Waals surface area contributed by atoms with Crippen molar-refractivity contribution in [3.8, 4) is 0 Å². The van der Waals surface area contributed by atoms with Crippen molar-refractivity contribution in [2.45, 2.75) is 12.6 Å². The molecule has 0 saturated carbocycles. The van der Waals surface area contributed by atoms with Gasteiger partial charge in [0.1, 0.15) is 6.17 Å². The highest BCUT2D eigenvalue weighted by atomic mass is 15.5. The summed E-state index contributed by atoms with van der Waals surface area (Å²) in [7, 11) is 0. The van der Waals surface area contributed by atoms with Gasteiger partial charge in [0.05, 0.1) is 0 Å². The number of nitrogens with zero attached hydrogens (tertiary/aromatic N) is 2. The van der Waals surface area contributed by atoms with Gasteiger partial charge in [-0.15, -0.1) is 0 Å². The maximum Gasteiger partial charge on any atom is 0.114 e. The molecule has 2 rings (SSSR count). The number of hydrogen-bond donors (Lipinski definition) is 2. The van der Waals surface area contributed by atoms with Crippen LogP contribution in [0.5, 0.6) is 0 Å². The van der Waals surface area contributed by atoms with Crippen molar-refractivity contribution in [3.63, 3.8) is 0 Å². The summed E-state index contributed by atoms with van der Waals surface area (Å²) in [4.78, 5) is 0. The Balaban J connectivity index is 1.93. The second-order valence-corrected chi connectivity index (χ2v) is 2.97. The molecule has 1 atom stereocenters. The summed E-state index contributed by atoms with van der Waals surface area (Å²) in [6.45, 7) is 3.03. The first-order chi connectivity index (χ1) is 5.97. The van der Waals surface area contributed by atoms with Crippen molar-refractivity contribution in [1.82, 2.24) is 15.6 Å². The van der Waals surface area contributed by atoms with Gasteiger partial charge in [0, 0.05) is 38.5 Å². The molecule has 2 N–H and O–H groups in total. The van der Waals surface area contributed by atoms with Crippen LogP contribution >= 0.6 is 0 Å². The molecule has 1 unspecified atom stereocenters. The summed E-state index contributed by atoms with van der Waals surface area (Å²) in [5, 5.41) is 12.9. The van der Waals surface area contributed by atoms with Crippen LogP contribution in [-0.4, -0.2) is 37.0 Å². The van der Waals surface area contributed by atoms with Crippen LogP contribution in [-0.2, 0) is 0 Å². The standard InChI is InChI=1S/C8H14N4/c1-2-6-12(11-3-1)8-7-9-4-5-10-8/h2-3,6,8-10H,1,4-5,7H2. The summed E-state index contributed by atoms with van der Waals surface area (Å²) < 4.78 is 0. The molecular formula is C8H14N4. The fourth-order valence-corrected chi connectivity index (χ4v) is 1.42. The van der Waals surface area contributed by atoms with E-state index in [-0.39, 0.29) is 0 Å². The Kier molecular flexibility index (Phi) is 2.39. The van der Waals surface area contributed by atoms with Crippen molar-refractivity contribution in [2.24, 2.45) is 5.10 Å². The van der Waals surface area contributed by atoms with E-state index in [1.54, 1.807) is 0 Å². The Morgan fingerprint density at radius 2 is 2.42 bits per heavy atom. The van der Waals surface area contributed by atoms with Gasteiger partial charge in [-0.1, -0.05) is 6.08 Å². The number of rotatable bonds is 1. The van der Waals surface area contributed by atoms with Crippen molar-refractivity contribution in [2.75, 3.05) is 19.6 Å². The predicted octanol–water partition coefficient (Wildman–Crippen LogP) is -0.290. The van der Waals surface area contributed by atoms with Gasteiger partial charge in [-0.3, -0.25) is 10.3 Å². The molecule has 2 aliphatic rings. The van der Waals surface area contributed by atoms with Gasteiger partial charge in [0.25, 0.3) is 0 Å². The fraction of sp³-hybridized carbons (Fsp3) is 0.625. The van der Waals surface area contributed by atoms with Crippen LogP contribution < -0.4 is 10.6 Å². The number of allylic oxidation sites excluding steroid dienone is 1. The molecule has 0 aromatic heterocycles.